The van der Waals surface area contributed by atoms with E-state index in [0.717, 1.165) is 40.9 Å². The van der Waals surface area contributed by atoms with Crippen molar-refractivity contribution in [2.45, 2.75) is 19.9 Å². The highest BCUT2D eigenvalue weighted by atomic mass is 32.2. The third-order valence-electron chi connectivity index (χ3n) is 3.62. The lowest BCUT2D eigenvalue weighted by Gasteiger charge is -2.28. The number of aromatic nitrogens is 1. The topological polar surface area (TPSA) is 54.8 Å². The van der Waals surface area contributed by atoms with E-state index in [4.69, 9.17) is 9.73 Å². The van der Waals surface area contributed by atoms with E-state index in [9.17, 15) is 4.79 Å². The number of fused-ring (bicyclic) bond motifs is 1. The van der Waals surface area contributed by atoms with Crippen LogP contribution >= 0.6 is 23.1 Å². The van der Waals surface area contributed by atoms with Gasteiger partial charge in [-0.15, -0.1) is 11.3 Å². The van der Waals surface area contributed by atoms with E-state index >= 15 is 0 Å². The van der Waals surface area contributed by atoms with Crippen LogP contribution in [0, 0.1) is 0 Å². The molecule has 1 aliphatic rings. The first-order chi connectivity index (χ1) is 11.7. The van der Waals surface area contributed by atoms with Crippen molar-refractivity contribution in [3.8, 4) is 0 Å². The number of carbonyl (C=O) groups is 1. The fourth-order valence-electron chi connectivity index (χ4n) is 2.50. The summed E-state index contributed by atoms with van der Waals surface area (Å²) in [5.41, 5.74) is 1.96. The second-order valence-corrected chi connectivity index (χ2v) is 7.07. The predicted molar refractivity (Wildman–Crippen MR) is 99.2 cm³/mol. The molecule has 1 aromatic heterocycles. The Balaban J connectivity index is 1.78. The lowest BCUT2D eigenvalue weighted by atomic mass is 10.2. The van der Waals surface area contributed by atoms with Gasteiger partial charge in [-0.1, -0.05) is 30.0 Å². The van der Waals surface area contributed by atoms with E-state index < -0.39 is 0 Å². The number of hydrogen-bond acceptors (Lipinski definition) is 6. The molecule has 1 aliphatic heterocycles. The van der Waals surface area contributed by atoms with Crippen LogP contribution in [0.3, 0.4) is 0 Å². The van der Waals surface area contributed by atoms with Crippen LogP contribution in [0.25, 0.3) is 0 Å². The highest BCUT2D eigenvalue weighted by Gasteiger charge is 2.25. The van der Waals surface area contributed by atoms with Crippen LogP contribution in [-0.4, -0.2) is 40.4 Å². The first kappa shape index (κ1) is 17.0. The average Bonchev–Trinajstić information content (AvgIpc) is 3.04. The molecule has 0 saturated heterocycles. The molecule has 0 fully saturated rings. The summed E-state index contributed by atoms with van der Waals surface area (Å²) in [5.74, 6) is -0.327. The van der Waals surface area contributed by atoms with Crippen LogP contribution < -0.4 is 0 Å². The maximum atomic E-state index is 11.9. The largest absolute Gasteiger partial charge is 0.461 e. The second-order valence-electron chi connectivity index (χ2n) is 5.21. The Morgan fingerprint density at radius 2 is 2.21 bits per heavy atom. The van der Waals surface area contributed by atoms with Gasteiger partial charge in [-0.05, 0) is 25.3 Å². The number of benzene rings is 1. The van der Waals surface area contributed by atoms with Gasteiger partial charge < -0.3 is 9.64 Å². The van der Waals surface area contributed by atoms with Crippen molar-refractivity contribution in [2.75, 3.05) is 19.4 Å². The van der Waals surface area contributed by atoms with Crippen molar-refractivity contribution < 1.29 is 9.53 Å². The molecule has 3 rings (SSSR count). The van der Waals surface area contributed by atoms with Crippen LogP contribution in [0.5, 0.6) is 0 Å². The fraction of sp³-hybridized carbons (Fsp3) is 0.353. The van der Waals surface area contributed by atoms with Crippen molar-refractivity contribution in [3.63, 3.8) is 0 Å². The molecule has 0 aliphatic carbocycles. The van der Waals surface area contributed by atoms with Crippen molar-refractivity contribution in [2.24, 2.45) is 4.99 Å². The zero-order chi connectivity index (χ0) is 16.9. The van der Waals surface area contributed by atoms with Gasteiger partial charge in [-0.25, -0.2) is 14.8 Å². The first-order valence-corrected chi connectivity index (χ1v) is 9.83. The molecule has 1 aromatic carbocycles. The lowest BCUT2D eigenvalue weighted by molar-refractivity contribution is 0.0525. The summed E-state index contributed by atoms with van der Waals surface area (Å²) < 4.78 is 5.05. The van der Waals surface area contributed by atoms with Gasteiger partial charge in [0.2, 0.25) is 5.01 Å². The van der Waals surface area contributed by atoms with Crippen molar-refractivity contribution in [3.05, 3.63) is 45.9 Å². The van der Waals surface area contributed by atoms with Crippen LogP contribution in [0.15, 0.2) is 35.3 Å². The highest BCUT2D eigenvalue weighted by molar-refractivity contribution is 8.13. The Morgan fingerprint density at radius 3 is 2.92 bits per heavy atom. The molecule has 126 valence electrons. The molecule has 0 N–H and O–H groups in total. The first-order valence-electron chi connectivity index (χ1n) is 7.79. The Labute approximate surface area is 149 Å². The smallest absolute Gasteiger partial charge is 0.367 e. The molecule has 0 unspecified atom stereocenters. The van der Waals surface area contributed by atoms with E-state index in [2.05, 4.69) is 9.88 Å². The summed E-state index contributed by atoms with van der Waals surface area (Å²) in [6, 6.07) is 9.95. The molecule has 24 heavy (non-hydrogen) atoms. The van der Waals surface area contributed by atoms with E-state index in [1.807, 2.05) is 36.6 Å². The quantitative estimate of drug-likeness (QED) is 0.474. The molecule has 0 bridgehead atoms. The Bertz CT molecular complexity index is 744. The van der Waals surface area contributed by atoms with Crippen molar-refractivity contribution in [1.82, 2.24) is 9.88 Å². The van der Waals surface area contributed by atoms with Gasteiger partial charge in [0, 0.05) is 17.8 Å². The van der Waals surface area contributed by atoms with Crippen LogP contribution in [0.2, 0.25) is 0 Å². The standard InChI is InChI=1S/C17H19N3O2S2/c1-3-22-16(21)15-19-13-9-10-20(11-14(13)24-15)17(23-2)18-12-7-5-4-6-8-12/h4-8H,3,9-11H2,1-2H3. The number of thioether (sulfide) groups is 1. The molecular weight excluding hydrogens is 342 g/mol. The van der Waals surface area contributed by atoms with Gasteiger partial charge in [0.25, 0.3) is 0 Å². The summed E-state index contributed by atoms with van der Waals surface area (Å²) in [6.45, 7) is 3.76. The number of ether oxygens (including phenoxy) is 1. The van der Waals surface area contributed by atoms with Crippen LogP contribution in [-0.2, 0) is 17.7 Å². The SMILES string of the molecule is CCOC(=O)c1nc2c(s1)CN(C(=Nc1ccccc1)SC)CC2. The van der Waals surface area contributed by atoms with Gasteiger partial charge in [0.15, 0.2) is 5.17 Å². The maximum Gasteiger partial charge on any atom is 0.367 e. The number of nitrogens with zero attached hydrogens (tertiary/aromatic N) is 3. The molecule has 0 atom stereocenters. The number of carbonyl (C=O) groups excluding carboxylic acids is 1. The number of rotatable bonds is 3. The zero-order valence-electron chi connectivity index (χ0n) is 13.7. The van der Waals surface area contributed by atoms with Crippen molar-refractivity contribution >= 4 is 39.9 Å². The van der Waals surface area contributed by atoms with Crippen molar-refractivity contribution in [1.29, 1.82) is 0 Å². The predicted octanol–water partition coefficient (Wildman–Crippen LogP) is 3.73. The van der Waals surface area contributed by atoms with E-state index in [1.165, 1.54) is 11.3 Å². The molecule has 5 nitrogen and oxygen atoms in total. The third-order valence-corrected chi connectivity index (χ3v) is 5.39. The van der Waals surface area contributed by atoms with Gasteiger partial charge in [0.05, 0.1) is 24.5 Å². The van der Waals surface area contributed by atoms with E-state index in [0.29, 0.717) is 11.6 Å². The minimum absolute atomic E-state index is 0.327. The summed E-state index contributed by atoms with van der Waals surface area (Å²) in [5, 5.41) is 1.44. The Morgan fingerprint density at radius 1 is 1.42 bits per heavy atom. The number of amidine groups is 1. The molecule has 7 heteroatoms. The number of hydrogen-bond donors (Lipinski definition) is 0. The summed E-state index contributed by atoms with van der Waals surface area (Å²) in [6.07, 6.45) is 2.85. The lowest BCUT2D eigenvalue weighted by Crippen LogP contribution is -2.33. The summed E-state index contributed by atoms with van der Waals surface area (Å²) in [7, 11) is 0. The number of esters is 1. The minimum atomic E-state index is -0.327. The van der Waals surface area contributed by atoms with Gasteiger partial charge in [-0.2, -0.15) is 0 Å². The molecule has 0 saturated carbocycles. The number of aliphatic imine (C=N–C) groups is 1. The van der Waals surface area contributed by atoms with E-state index in [1.54, 1.807) is 18.7 Å². The van der Waals surface area contributed by atoms with Crippen LogP contribution in [0.1, 0.15) is 27.3 Å². The molecule has 0 amide bonds. The molecule has 2 aromatic rings. The zero-order valence-corrected chi connectivity index (χ0v) is 15.3. The van der Waals surface area contributed by atoms with Crippen LogP contribution in [0.4, 0.5) is 5.69 Å². The normalized spacial score (nSPS) is 14.4. The summed E-state index contributed by atoms with van der Waals surface area (Å²) >= 11 is 3.07. The van der Waals surface area contributed by atoms with Gasteiger partial charge in [-0.3, -0.25) is 0 Å². The van der Waals surface area contributed by atoms with Gasteiger partial charge >= 0.3 is 5.97 Å². The Kier molecular flexibility index (Phi) is 5.52. The Hall–Kier alpha value is -1.86. The number of thiazole rings is 1. The number of para-hydroxylation sites is 1. The van der Waals surface area contributed by atoms with Gasteiger partial charge in [0.1, 0.15) is 0 Å². The fourth-order valence-corrected chi connectivity index (χ4v) is 4.13. The highest BCUT2D eigenvalue weighted by Crippen LogP contribution is 2.28. The third kappa shape index (κ3) is 3.79. The van der Waals surface area contributed by atoms with E-state index in [-0.39, 0.29) is 5.97 Å². The monoisotopic (exact) mass is 361 g/mol. The minimum Gasteiger partial charge on any atom is -0.461 e. The summed E-state index contributed by atoms with van der Waals surface area (Å²) in [4.78, 5) is 24.4. The molecular formula is C17H19N3O2S2. The molecule has 0 radical (unpaired) electrons. The maximum absolute atomic E-state index is 11.9. The second kappa shape index (κ2) is 7.81. The molecule has 0 spiro atoms. The average molecular weight is 361 g/mol. The molecule has 2 heterocycles.